The van der Waals surface area contributed by atoms with E-state index in [0.717, 1.165) is 0 Å². The number of anilines is 1. The van der Waals surface area contributed by atoms with Gasteiger partial charge in [-0.05, 0) is 39.0 Å². The molecule has 112 valence electrons. The summed E-state index contributed by atoms with van der Waals surface area (Å²) in [6.45, 7) is 9.14. The average molecular weight is 288 g/mol. The van der Waals surface area contributed by atoms with Gasteiger partial charge in [0.2, 0.25) is 0 Å². The molecule has 2 amide bonds. The minimum atomic E-state index is -0.613. The van der Waals surface area contributed by atoms with Gasteiger partial charge in [-0.1, -0.05) is 18.7 Å². The van der Waals surface area contributed by atoms with Crippen molar-refractivity contribution in [2.75, 3.05) is 11.9 Å². The van der Waals surface area contributed by atoms with Crippen LogP contribution >= 0.6 is 0 Å². The summed E-state index contributed by atoms with van der Waals surface area (Å²) in [6, 6.07) is 6.99. The minimum Gasteiger partial charge on any atom is -0.443 e. The third-order valence-corrected chi connectivity index (χ3v) is 3.18. The molecular formula is C16H20N2O3. The fourth-order valence-corrected chi connectivity index (χ4v) is 2.27. The van der Waals surface area contributed by atoms with Crippen molar-refractivity contribution in [3.8, 4) is 0 Å². The van der Waals surface area contributed by atoms with Crippen LogP contribution in [0.5, 0.6) is 0 Å². The maximum atomic E-state index is 12.5. The van der Waals surface area contributed by atoms with Gasteiger partial charge in [0.25, 0.3) is 5.91 Å². The molecule has 1 heterocycles. The van der Waals surface area contributed by atoms with Gasteiger partial charge in [-0.25, -0.2) is 4.79 Å². The molecule has 2 rings (SSSR count). The van der Waals surface area contributed by atoms with Crippen molar-refractivity contribution < 1.29 is 14.3 Å². The molecule has 1 aliphatic rings. The van der Waals surface area contributed by atoms with E-state index in [0.29, 0.717) is 11.3 Å². The number of para-hydroxylation sites is 1. The van der Waals surface area contributed by atoms with Gasteiger partial charge < -0.3 is 9.64 Å². The predicted octanol–water partition coefficient (Wildman–Crippen LogP) is 3.03. The van der Waals surface area contributed by atoms with Crippen LogP contribution in [-0.2, 0) is 4.74 Å². The summed E-state index contributed by atoms with van der Waals surface area (Å²) < 4.78 is 5.45. The Hall–Kier alpha value is -2.30. The summed E-state index contributed by atoms with van der Waals surface area (Å²) in [5.74, 6) is -0.143. The Morgan fingerprint density at radius 3 is 2.52 bits per heavy atom. The molecule has 1 unspecified atom stereocenters. The number of hydrogen-bond donors (Lipinski definition) is 0. The highest BCUT2D eigenvalue weighted by Crippen LogP contribution is 2.31. The molecule has 0 radical (unpaired) electrons. The Kier molecular flexibility index (Phi) is 3.77. The zero-order chi connectivity index (χ0) is 15.8. The quantitative estimate of drug-likeness (QED) is 0.746. The molecule has 5 nitrogen and oxygen atoms in total. The molecule has 1 atom stereocenters. The van der Waals surface area contributed by atoms with E-state index in [-0.39, 0.29) is 5.91 Å². The molecule has 5 heteroatoms. The maximum Gasteiger partial charge on any atom is 0.416 e. The number of carbonyl (C=O) groups is 2. The van der Waals surface area contributed by atoms with Gasteiger partial charge in [-0.2, -0.15) is 0 Å². The third kappa shape index (κ3) is 2.77. The summed E-state index contributed by atoms with van der Waals surface area (Å²) in [5, 5.41) is 0. The fourth-order valence-electron chi connectivity index (χ4n) is 2.27. The van der Waals surface area contributed by atoms with Crippen molar-refractivity contribution in [3.05, 3.63) is 42.5 Å². The first-order valence-corrected chi connectivity index (χ1v) is 6.77. The number of benzene rings is 1. The first-order valence-electron chi connectivity index (χ1n) is 6.77. The second-order valence-corrected chi connectivity index (χ2v) is 5.93. The minimum absolute atomic E-state index is 0.143. The normalized spacial score (nSPS) is 18.3. The van der Waals surface area contributed by atoms with Gasteiger partial charge >= 0.3 is 6.09 Å². The highest BCUT2D eigenvalue weighted by molar-refractivity contribution is 6.06. The lowest BCUT2D eigenvalue weighted by atomic mass is 10.1. The monoisotopic (exact) mass is 288 g/mol. The third-order valence-electron chi connectivity index (χ3n) is 3.18. The molecule has 0 N–H and O–H groups in total. The average Bonchev–Trinajstić information content (AvgIpc) is 2.40. The van der Waals surface area contributed by atoms with E-state index in [1.807, 2.05) is 0 Å². The Morgan fingerprint density at radius 2 is 1.95 bits per heavy atom. The van der Waals surface area contributed by atoms with E-state index >= 15 is 0 Å². The summed E-state index contributed by atoms with van der Waals surface area (Å²) >= 11 is 0. The van der Waals surface area contributed by atoms with E-state index in [1.54, 1.807) is 58.2 Å². The number of rotatable bonds is 1. The molecular weight excluding hydrogens is 268 g/mol. The molecule has 0 fully saturated rings. The van der Waals surface area contributed by atoms with Crippen molar-refractivity contribution in [3.63, 3.8) is 0 Å². The molecule has 21 heavy (non-hydrogen) atoms. The summed E-state index contributed by atoms with van der Waals surface area (Å²) in [7, 11) is 1.64. The first kappa shape index (κ1) is 15.1. The molecule has 0 spiro atoms. The number of nitrogens with zero attached hydrogens (tertiary/aromatic N) is 2. The second-order valence-electron chi connectivity index (χ2n) is 5.93. The van der Waals surface area contributed by atoms with Crippen LogP contribution in [0.2, 0.25) is 0 Å². The van der Waals surface area contributed by atoms with Crippen molar-refractivity contribution >= 4 is 17.7 Å². The van der Waals surface area contributed by atoms with Gasteiger partial charge in [-0.3, -0.25) is 9.69 Å². The number of likely N-dealkylation sites (N-methyl/N-ethyl adjacent to an activating group) is 1. The highest BCUT2D eigenvalue weighted by Gasteiger charge is 2.39. The van der Waals surface area contributed by atoms with E-state index < -0.39 is 17.9 Å². The smallest absolute Gasteiger partial charge is 0.416 e. The maximum absolute atomic E-state index is 12.5. The van der Waals surface area contributed by atoms with Gasteiger partial charge in [0, 0.05) is 7.05 Å². The van der Waals surface area contributed by atoms with Crippen LogP contribution in [0.15, 0.2) is 36.9 Å². The Balaban J connectivity index is 2.50. The number of hydrogen-bond acceptors (Lipinski definition) is 3. The zero-order valence-electron chi connectivity index (χ0n) is 12.8. The molecule has 1 aliphatic heterocycles. The Morgan fingerprint density at radius 1 is 1.33 bits per heavy atom. The number of amides is 2. The summed E-state index contributed by atoms with van der Waals surface area (Å²) in [4.78, 5) is 27.8. The molecule has 0 aromatic heterocycles. The Bertz CT molecular complexity index is 589. The van der Waals surface area contributed by atoms with E-state index in [1.165, 1.54) is 9.80 Å². The predicted molar refractivity (Wildman–Crippen MR) is 81.2 cm³/mol. The van der Waals surface area contributed by atoms with Crippen LogP contribution in [0.25, 0.3) is 0 Å². The topological polar surface area (TPSA) is 49.9 Å². The van der Waals surface area contributed by atoms with Gasteiger partial charge in [-0.15, -0.1) is 0 Å². The number of ether oxygens (including phenoxy) is 1. The molecule has 0 saturated carbocycles. The lowest BCUT2D eigenvalue weighted by molar-refractivity contribution is 0.0512. The summed E-state index contributed by atoms with van der Waals surface area (Å²) in [6.07, 6.45) is 0.485. The standard InChI is InChI=1S/C16H20N2O3/c1-6-13-17(5)14(19)11-9-7-8-10-12(11)18(13)15(20)21-16(2,3)4/h6-10,13H,1H2,2-5H3. The van der Waals surface area contributed by atoms with Crippen LogP contribution in [0, 0.1) is 0 Å². The van der Waals surface area contributed by atoms with Crippen LogP contribution in [0.3, 0.4) is 0 Å². The lowest BCUT2D eigenvalue weighted by Crippen LogP contribution is -2.55. The van der Waals surface area contributed by atoms with Crippen molar-refractivity contribution in [2.45, 2.75) is 32.5 Å². The molecule has 1 aromatic rings. The summed E-state index contributed by atoms with van der Waals surface area (Å²) in [5.41, 5.74) is 0.404. The van der Waals surface area contributed by atoms with Gasteiger partial charge in [0.15, 0.2) is 0 Å². The van der Waals surface area contributed by atoms with Crippen LogP contribution in [0.1, 0.15) is 31.1 Å². The van der Waals surface area contributed by atoms with Gasteiger partial charge in [0.05, 0.1) is 11.3 Å². The van der Waals surface area contributed by atoms with Crippen LogP contribution < -0.4 is 4.90 Å². The van der Waals surface area contributed by atoms with E-state index in [4.69, 9.17) is 4.74 Å². The number of fused-ring (bicyclic) bond motifs is 1. The molecule has 0 aliphatic carbocycles. The largest absolute Gasteiger partial charge is 0.443 e. The second kappa shape index (κ2) is 5.24. The highest BCUT2D eigenvalue weighted by atomic mass is 16.6. The van der Waals surface area contributed by atoms with Crippen molar-refractivity contribution in [1.29, 1.82) is 0 Å². The van der Waals surface area contributed by atoms with Crippen LogP contribution in [0.4, 0.5) is 10.5 Å². The molecule has 1 aromatic carbocycles. The zero-order valence-corrected chi connectivity index (χ0v) is 12.8. The first-order chi connectivity index (χ1) is 9.76. The van der Waals surface area contributed by atoms with Crippen molar-refractivity contribution in [1.82, 2.24) is 4.90 Å². The fraction of sp³-hybridized carbons (Fsp3) is 0.375. The Labute approximate surface area is 124 Å². The van der Waals surface area contributed by atoms with E-state index in [9.17, 15) is 9.59 Å². The number of carbonyl (C=O) groups excluding carboxylic acids is 2. The van der Waals surface area contributed by atoms with Crippen molar-refractivity contribution in [2.24, 2.45) is 0 Å². The lowest BCUT2D eigenvalue weighted by Gasteiger charge is -2.41. The molecule has 0 bridgehead atoms. The van der Waals surface area contributed by atoms with Gasteiger partial charge in [0.1, 0.15) is 11.8 Å². The van der Waals surface area contributed by atoms with Crippen LogP contribution in [-0.4, -0.2) is 35.7 Å². The van der Waals surface area contributed by atoms with E-state index in [2.05, 4.69) is 6.58 Å². The molecule has 0 saturated heterocycles. The SMILES string of the molecule is C=CC1N(C)C(=O)c2ccccc2N1C(=O)OC(C)(C)C.